The highest BCUT2D eigenvalue weighted by Crippen LogP contribution is 2.76. The lowest BCUT2D eigenvalue weighted by Gasteiger charge is -2.71. The lowest BCUT2D eigenvalue weighted by molar-refractivity contribution is -0.377. The smallest absolute Gasteiger partial charge is 0.331 e. The highest BCUT2D eigenvalue weighted by Gasteiger charge is 2.74. The monoisotopic (exact) mass is 1400 g/mol. The number of aliphatic hydroxyl groups is 14. The number of esters is 2. The summed E-state index contributed by atoms with van der Waals surface area (Å²) in [6.07, 6.45) is -34.0. The minimum absolute atomic E-state index is 0.0129. The molecule has 5 aliphatic carbocycles. The third kappa shape index (κ3) is 13.0. The maximum atomic E-state index is 15.9. The zero-order chi connectivity index (χ0) is 71.3. The third-order valence-corrected chi connectivity index (χ3v) is 24.5. The molecule has 30 nitrogen and oxygen atoms in total. The number of rotatable bonds is 17. The van der Waals surface area contributed by atoms with Crippen LogP contribution in [-0.4, -0.2) is 282 Å². The summed E-state index contributed by atoms with van der Waals surface area (Å²) in [4.78, 5) is 43.4. The fourth-order valence-corrected chi connectivity index (χ4v) is 18.7. The molecule has 0 aromatic heterocycles. The Balaban J connectivity index is 0.848. The van der Waals surface area contributed by atoms with E-state index in [2.05, 4.69) is 26.8 Å². The summed E-state index contributed by atoms with van der Waals surface area (Å²) in [6, 6.07) is 6.76. The molecule has 10 aliphatic rings. The highest BCUT2D eigenvalue weighted by atomic mass is 16.8. The van der Waals surface area contributed by atoms with Gasteiger partial charge in [-0.1, -0.05) is 51.5 Å². The van der Waals surface area contributed by atoms with Crippen LogP contribution in [0.2, 0.25) is 0 Å². The van der Waals surface area contributed by atoms with Gasteiger partial charge in [0, 0.05) is 11.5 Å². The number of carbonyl (C=O) groups is 3. The lowest BCUT2D eigenvalue weighted by Crippen LogP contribution is -2.71. The number of carboxylic acids is 1. The van der Waals surface area contributed by atoms with Crippen molar-refractivity contribution in [1.82, 2.24) is 0 Å². The SMILES string of the molecule is COc1ccc(C=CC(=O)O[C@H]2[C@@H](O)[C@H](O[C@H]3O[C@H](C)[C@@H](O[C@@H]4OC[C@@H](O[C@@H]5OC[C@H](O)[C@H](O)[C@H]5O)[C@H](O)[C@H]4O)[C@H](O)[C@@H]3O)[C@@H](OC(=O)[C@]34CCC(C)(C)C[C@H]3C3=CC[C@@H]5[C@@]6(C)C[C@H](O)[C@H](O[C@@H]7O[C@H](CO)[C@@H](O)[C@H](O)[C@H]7O)[C@@](C)(C(=O)O)[C@@H]6CC[C@@]5(C)[C@]3(CO)CC4)O[C@H]2C)cc1. The largest absolute Gasteiger partial charge is 0.497 e. The second-order valence-electron chi connectivity index (χ2n) is 30.5. The number of hydrogen-bond acceptors (Lipinski definition) is 29. The maximum absolute atomic E-state index is 15.9. The summed E-state index contributed by atoms with van der Waals surface area (Å²) in [5.41, 5.74) is -4.83. The lowest BCUT2D eigenvalue weighted by atomic mass is 9.33. The van der Waals surface area contributed by atoms with Gasteiger partial charge in [0.2, 0.25) is 6.29 Å². The van der Waals surface area contributed by atoms with E-state index in [-0.39, 0.29) is 43.6 Å². The van der Waals surface area contributed by atoms with E-state index in [1.807, 2.05) is 6.92 Å². The first-order valence-corrected chi connectivity index (χ1v) is 34.0. The van der Waals surface area contributed by atoms with Gasteiger partial charge in [-0.25, -0.2) is 4.79 Å². The molecule has 98 heavy (non-hydrogen) atoms. The number of carbonyl (C=O) groups excluding carboxylic acids is 2. The van der Waals surface area contributed by atoms with E-state index in [1.165, 1.54) is 34.0 Å². The summed E-state index contributed by atoms with van der Waals surface area (Å²) in [5.74, 6) is -4.02. The predicted molar refractivity (Wildman–Crippen MR) is 331 cm³/mol. The molecular weight excluding hydrogens is 1300 g/mol. The second kappa shape index (κ2) is 28.6. The van der Waals surface area contributed by atoms with Crippen molar-refractivity contribution in [3.63, 3.8) is 0 Å². The Morgan fingerprint density at radius 3 is 1.88 bits per heavy atom. The Morgan fingerprint density at radius 2 is 1.20 bits per heavy atom. The van der Waals surface area contributed by atoms with Gasteiger partial charge in [0.25, 0.3) is 0 Å². The number of hydrogen-bond donors (Lipinski definition) is 15. The molecular formula is C68H100O30. The van der Waals surface area contributed by atoms with Gasteiger partial charge in [-0.2, -0.15) is 0 Å². The van der Waals surface area contributed by atoms with Crippen molar-refractivity contribution in [2.45, 2.75) is 260 Å². The molecule has 0 radical (unpaired) electrons. The van der Waals surface area contributed by atoms with Gasteiger partial charge in [-0.3, -0.25) is 9.59 Å². The molecule has 0 bridgehead atoms. The van der Waals surface area contributed by atoms with E-state index in [4.69, 9.17) is 56.8 Å². The number of benzene rings is 1. The summed E-state index contributed by atoms with van der Waals surface area (Å²) in [6.45, 7) is 10.6. The highest BCUT2D eigenvalue weighted by molar-refractivity contribution is 5.87. The molecule has 11 rings (SSSR count). The van der Waals surface area contributed by atoms with Gasteiger partial charge in [-0.15, -0.1) is 0 Å². The Labute approximate surface area is 566 Å². The number of aliphatic carboxylic acids is 1. The van der Waals surface area contributed by atoms with E-state index in [0.717, 1.165) is 11.6 Å². The van der Waals surface area contributed by atoms with E-state index in [0.29, 0.717) is 43.4 Å². The van der Waals surface area contributed by atoms with Gasteiger partial charge < -0.3 is 133 Å². The van der Waals surface area contributed by atoms with Crippen molar-refractivity contribution in [3.05, 3.63) is 47.6 Å². The van der Waals surface area contributed by atoms with E-state index in [9.17, 15) is 86.2 Å². The van der Waals surface area contributed by atoms with Crippen molar-refractivity contribution in [3.8, 4) is 5.75 Å². The number of carboxylic acid groups (broad SMARTS) is 1. The molecule has 5 saturated heterocycles. The van der Waals surface area contributed by atoms with Crippen molar-refractivity contribution in [2.75, 3.05) is 33.5 Å². The molecule has 30 heteroatoms. The Hall–Kier alpha value is -4.01. The van der Waals surface area contributed by atoms with Crippen LogP contribution in [0, 0.1) is 50.2 Å². The summed E-state index contributed by atoms with van der Waals surface area (Å²) in [5, 5.41) is 167. The number of ether oxygens (including phenoxy) is 12. The minimum atomic E-state index is -2.05. The number of aliphatic hydroxyl groups excluding tert-OH is 14. The van der Waals surface area contributed by atoms with Crippen LogP contribution in [-0.2, 0) is 66.5 Å². The summed E-state index contributed by atoms with van der Waals surface area (Å²) in [7, 11) is 1.51. The molecule has 33 atom stereocenters. The molecule has 4 saturated carbocycles. The quantitative estimate of drug-likeness (QED) is 0.0362. The fourth-order valence-electron chi connectivity index (χ4n) is 18.7. The van der Waals surface area contributed by atoms with Crippen LogP contribution in [0.15, 0.2) is 42.0 Å². The van der Waals surface area contributed by atoms with Crippen molar-refractivity contribution in [2.24, 2.45) is 50.2 Å². The van der Waals surface area contributed by atoms with Crippen LogP contribution < -0.4 is 4.74 Å². The first-order valence-electron chi connectivity index (χ1n) is 34.0. The van der Waals surface area contributed by atoms with Gasteiger partial charge in [-0.05, 0) is 136 Å². The van der Waals surface area contributed by atoms with Crippen molar-refractivity contribution in [1.29, 1.82) is 0 Å². The topological polar surface area (TPSA) is 465 Å². The van der Waals surface area contributed by atoms with Crippen molar-refractivity contribution >= 4 is 24.0 Å². The van der Waals surface area contributed by atoms with Crippen LogP contribution in [0.25, 0.3) is 6.08 Å². The van der Waals surface area contributed by atoms with E-state index >= 15 is 4.79 Å². The average Bonchev–Trinajstić information content (AvgIpc) is 0.670. The van der Waals surface area contributed by atoms with Crippen LogP contribution in [0.4, 0.5) is 0 Å². The third-order valence-electron chi connectivity index (χ3n) is 24.5. The average molecular weight is 1400 g/mol. The fraction of sp³-hybridized carbons (Fsp3) is 0.809. The molecule has 9 fully saturated rings. The number of methoxy groups -OCH3 is 1. The van der Waals surface area contributed by atoms with Gasteiger partial charge in [0.05, 0.1) is 62.7 Å². The molecule has 0 amide bonds. The molecule has 1 aromatic carbocycles. The standard InChI is InChI=1S/C68H100O30/c1-29-52(95-57-48(80)44(76)38(27-89-57)93-56-47(79)42(74)36(72)26-88-56)46(78)50(82)58(90-29)96-54-51(83)53(94-41(73)16-11-31-9-12-32(87-8)13-10-31)30(2)91-60(54)98-62(86)67-20-19-63(3,4)23-34(67)33-14-15-39-64(5)24-35(71)55(97-59-49(81)45(77)43(75)37(25-69)92-59)66(7,61(84)85)40(64)17-18-65(39,6)68(33,28-70)22-21-67/h9-14,16,29-30,34-40,42-60,69-72,74-83H,15,17-28H2,1-8H3,(H,84,85)/t29-,30+,34+,35+,36+,37-,38-,39-,40-,42+,43-,44+,45+,46-,47-,48-,49-,50+,51-,52-,53-,54+,55+,56+,57+,58-,59+,60-,64-,65-,66+,67+,68+/m1/s1. The van der Waals surface area contributed by atoms with Crippen LogP contribution in [0.5, 0.6) is 5.75 Å². The van der Waals surface area contributed by atoms with E-state index in [1.54, 1.807) is 24.3 Å². The first kappa shape index (κ1) is 75.2. The number of allylic oxidation sites excluding steroid dienone is 1. The summed E-state index contributed by atoms with van der Waals surface area (Å²) >= 11 is 0. The normalized spacial score (nSPS) is 49.4. The molecule has 5 heterocycles. The Bertz CT molecular complexity index is 3040. The Kier molecular flexibility index (Phi) is 21.9. The van der Waals surface area contributed by atoms with Crippen LogP contribution in [0.1, 0.15) is 112 Å². The Morgan fingerprint density at radius 1 is 0.592 bits per heavy atom. The molecule has 0 spiro atoms. The molecule has 5 aliphatic heterocycles. The summed E-state index contributed by atoms with van der Waals surface area (Å²) < 4.78 is 71.0. The zero-order valence-corrected chi connectivity index (χ0v) is 56.2. The zero-order valence-electron chi connectivity index (χ0n) is 56.2. The van der Waals surface area contributed by atoms with Crippen LogP contribution >= 0.6 is 0 Å². The molecule has 1 aromatic rings. The predicted octanol–water partition coefficient (Wildman–Crippen LogP) is -1.60. The molecule has 552 valence electrons. The van der Waals surface area contributed by atoms with E-state index < -0.39 is 230 Å². The van der Waals surface area contributed by atoms with Crippen LogP contribution in [0.3, 0.4) is 0 Å². The molecule has 0 unspecified atom stereocenters. The molecule has 15 N–H and O–H groups in total. The number of fused-ring (bicyclic) bond motifs is 7. The first-order chi connectivity index (χ1) is 46.1. The second-order valence-corrected chi connectivity index (χ2v) is 30.5. The van der Waals surface area contributed by atoms with Crippen molar-refractivity contribution < 1.29 is 148 Å². The van der Waals surface area contributed by atoms with Gasteiger partial charge in [0.15, 0.2) is 37.4 Å². The van der Waals surface area contributed by atoms with Gasteiger partial charge in [0.1, 0.15) is 97.3 Å². The maximum Gasteiger partial charge on any atom is 0.331 e. The minimum Gasteiger partial charge on any atom is -0.497 e. The van der Waals surface area contributed by atoms with Gasteiger partial charge >= 0.3 is 17.9 Å².